The van der Waals surface area contributed by atoms with Crippen molar-refractivity contribution in [1.29, 1.82) is 0 Å². The summed E-state index contributed by atoms with van der Waals surface area (Å²) in [6.07, 6.45) is 1.75. The summed E-state index contributed by atoms with van der Waals surface area (Å²) >= 11 is 0. The zero-order chi connectivity index (χ0) is 18.6. The van der Waals surface area contributed by atoms with Gasteiger partial charge in [-0.05, 0) is 55.3 Å². The van der Waals surface area contributed by atoms with Crippen LogP contribution in [-0.4, -0.2) is 51.5 Å². The highest BCUT2D eigenvalue weighted by Gasteiger charge is 2.18. The van der Waals surface area contributed by atoms with Crippen LogP contribution in [0.3, 0.4) is 0 Å². The summed E-state index contributed by atoms with van der Waals surface area (Å²) in [5.74, 6) is 2.23. The Bertz CT molecular complexity index is 891. The van der Waals surface area contributed by atoms with Gasteiger partial charge in [-0.1, -0.05) is 18.2 Å². The zero-order valence-corrected chi connectivity index (χ0v) is 15.4. The van der Waals surface area contributed by atoms with Crippen molar-refractivity contribution in [2.75, 3.05) is 20.2 Å². The largest absolute Gasteiger partial charge is 0.497 e. The minimum Gasteiger partial charge on any atom is -0.497 e. The number of aromatic amines is 1. The quantitative estimate of drug-likeness (QED) is 0.728. The van der Waals surface area contributed by atoms with Gasteiger partial charge in [-0.25, -0.2) is 4.98 Å². The second kappa shape index (κ2) is 7.90. The molecule has 0 radical (unpaired) electrons. The summed E-state index contributed by atoms with van der Waals surface area (Å²) in [6, 6.07) is 16.0. The number of methoxy groups -OCH3 is 1. The summed E-state index contributed by atoms with van der Waals surface area (Å²) in [4.78, 5) is 6.94. The number of rotatable bonds is 5. The van der Waals surface area contributed by atoms with Crippen LogP contribution in [0.2, 0.25) is 0 Å². The maximum atomic E-state index is 9.86. The van der Waals surface area contributed by atoms with Gasteiger partial charge in [0.05, 0.1) is 13.2 Å². The molecule has 0 spiro atoms. The summed E-state index contributed by atoms with van der Waals surface area (Å²) < 4.78 is 5.20. The van der Waals surface area contributed by atoms with E-state index < -0.39 is 0 Å². The fourth-order valence-corrected chi connectivity index (χ4v) is 3.51. The molecular formula is C21H24N4O2. The van der Waals surface area contributed by atoms with E-state index in [1.807, 2.05) is 36.4 Å². The minimum atomic E-state index is -0.206. The molecule has 1 aliphatic heterocycles. The van der Waals surface area contributed by atoms with Gasteiger partial charge in [-0.15, -0.1) is 0 Å². The van der Waals surface area contributed by atoms with Crippen LogP contribution >= 0.6 is 0 Å². The number of hydrogen-bond acceptors (Lipinski definition) is 5. The van der Waals surface area contributed by atoms with Gasteiger partial charge >= 0.3 is 0 Å². The lowest BCUT2D eigenvalue weighted by Crippen LogP contribution is -2.37. The van der Waals surface area contributed by atoms with E-state index in [0.29, 0.717) is 5.82 Å². The number of β-amino-alcohol motifs (C(OH)–C–C–N with tert-alkyl or cyclic N) is 1. The molecule has 2 N–H and O–H groups in total. The Kier molecular flexibility index (Phi) is 5.18. The van der Waals surface area contributed by atoms with E-state index in [4.69, 9.17) is 4.74 Å². The molecule has 0 bridgehead atoms. The van der Waals surface area contributed by atoms with Crippen molar-refractivity contribution >= 4 is 0 Å². The molecule has 1 atom stereocenters. The summed E-state index contributed by atoms with van der Waals surface area (Å²) in [6.45, 7) is 2.61. The third kappa shape index (κ3) is 4.18. The minimum absolute atomic E-state index is 0.206. The topological polar surface area (TPSA) is 74.3 Å². The molecule has 6 heteroatoms. The molecule has 140 valence electrons. The summed E-state index contributed by atoms with van der Waals surface area (Å²) in [5.41, 5.74) is 3.16. The highest BCUT2D eigenvalue weighted by Crippen LogP contribution is 2.23. The number of nitrogens with zero attached hydrogens (tertiary/aromatic N) is 3. The molecule has 1 fully saturated rings. The third-order valence-electron chi connectivity index (χ3n) is 4.92. The fourth-order valence-electron chi connectivity index (χ4n) is 3.51. The Labute approximate surface area is 158 Å². The average Bonchev–Trinajstić information content (AvgIpc) is 3.19. The van der Waals surface area contributed by atoms with Crippen LogP contribution < -0.4 is 4.74 Å². The van der Waals surface area contributed by atoms with E-state index in [9.17, 15) is 5.11 Å². The van der Waals surface area contributed by atoms with Gasteiger partial charge in [0, 0.05) is 24.2 Å². The molecule has 0 amide bonds. The van der Waals surface area contributed by atoms with Crippen molar-refractivity contribution < 1.29 is 9.84 Å². The molecule has 2 aromatic carbocycles. The van der Waals surface area contributed by atoms with Crippen molar-refractivity contribution in [1.82, 2.24) is 20.1 Å². The number of aromatic nitrogens is 3. The monoisotopic (exact) mass is 364 g/mol. The van der Waals surface area contributed by atoms with Crippen LogP contribution in [0.1, 0.15) is 18.4 Å². The van der Waals surface area contributed by atoms with Crippen molar-refractivity contribution in [2.45, 2.75) is 25.5 Å². The van der Waals surface area contributed by atoms with Crippen LogP contribution in [0.5, 0.6) is 5.75 Å². The van der Waals surface area contributed by atoms with Gasteiger partial charge < -0.3 is 9.84 Å². The van der Waals surface area contributed by atoms with Crippen LogP contribution in [-0.2, 0) is 6.54 Å². The number of likely N-dealkylation sites (tertiary alicyclic amines) is 1. The highest BCUT2D eigenvalue weighted by atomic mass is 16.5. The first-order valence-corrected chi connectivity index (χ1v) is 9.28. The number of aliphatic hydroxyl groups excluding tert-OH is 1. The van der Waals surface area contributed by atoms with Gasteiger partial charge in [0.25, 0.3) is 0 Å². The lowest BCUT2D eigenvalue weighted by molar-refractivity contribution is 0.0668. The third-order valence-corrected chi connectivity index (χ3v) is 4.92. The number of nitrogens with one attached hydrogen (secondary N) is 1. The van der Waals surface area contributed by atoms with Crippen molar-refractivity contribution in [2.24, 2.45) is 0 Å². The molecule has 0 aliphatic carbocycles. The molecule has 0 saturated carbocycles. The molecule has 2 heterocycles. The van der Waals surface area contributed by atoms with Crippen LogP contribution in [0.4, 0.5) is 0 Å². The first kappa shape index (κ1) is 17.7. The molecule has 1 aromatic heterocycles. The van der Waals surface area contributed by atoms with E-state index >= 15 is 0 Å². The number of H-pyrrole nitrogens is 1. The van der Waals surface area contributed by atoms with Gasteiger partial charge in [0.1, 0.15) is 5.75 Å². The number of aliphatic hydroxyl groups is 1. The molecule has 1 unspecified atom stereocenters. The first-order chi connectivity index (χ1) is 13.2. The predicted molar refractivity (Wildman–Crippen MR) is 104 cm³/mol. The standard InChI is InChI=1S/C21H24N4O2/c1-27-19-9-7-16(8-10-19)20-22-21(24-23-20)17-5-2-4-15(12-17)13-25-11-3-6-18(26)14-25/h2,4-5,7-10,12,18,26H,3,6,11,13-14H2,1H3,(H,22,23,24). The first-order valence-electron chi connectivity index (χ1n) is 9.28. The number of benzene rings is 2. The number of ether oxygens (including phenoxy) is 1. The van der Waals surface area contributed by atoms with Gasteiger partial charge in [0.15, 0.2) is 11.6 Å². The van der Waals surface area contributed by atoms with Gasteiger partial charge in [-0.2, -0.15) is 5.10 Å². The number of hydrogen-bond donors (Lipinski definition) is 2. The zero-order valence-electron chi connectivity index (χ0n) is 15.4. The van der Waals surface area contributed by atoms with E-state index in [0.717, 1.165) is 55.2 Å². The summed E-state index contributed by atoms with van der Waals surface area (Å²) in [7, 11) is 1.65. The smallest absolute Gasteiger partial charge is 0.181 e. The van der Waals surface area contributed by atoms with E-state index in [1.54, 1.807) is 7.11 Å². The Morgan fingerprint density at radius 3 is 2.81 bits per heavy atom. The molecule has 1 aliphatic rings. The Balaban J connectivity index is 1.51. The summed E-state index contributed by atoms with van der Waals surface area (Å²) in [5, 5.41) is 17.3. The van der Waals surface area contributed by atoms with Gasteiger partial charge in [-0.3, -0.25) is 10.00 Å². The maximum Gasteiger partial charge on any atom is 0.181 e. The Morgan fingerprint density at radius 1 is 1.19 bits per heavy atom. The average molecular weight is 364 g/mol. The van der Waals surface area contributed by atoms with E-state index in [1.165, 1.54) is 5.56 Å². The van der Waals surface area contributed by atoms with Crippen molar-refractivity contribution in [3.63, 3.8) is 0 Å². The Hall–Kier alpha value is -2.70. The molecule has 1 saturated heterocycles. The van der Waals surface area contributed by atoms with Crippen LogP contribution in [0, 0.1) is 0 Å². The molecular weight excluding hydrogens is 340 g/mol. The lowest BCUT2D eigenvalue weighted by atomic mass is 10.1. The second-order valence-electron chi connectivity index (χ2n) is 6.97. The predicted octanol–water partition coefficient (Wildman–Crippen LogP) is 3.10. The molecule has 27 heavy (non-hydrogen) atoms. The van der Waals surface area contributed by atoms with Crippen molar-refractivity contribution in [3.8, 4) is 28.5 Å². The normalized spacial score (nSPS) is 17.8. The van der Waals surface area contributed by atoms with Gasteiger partial charge in [0.2, 0.25) is 0 Å². The fraction of sp³-hybridized carbons (Fsp3) is 0.333. The van der Waals surface area contributed by atoms with Crippen LogP contribution in [0.25, 0.3) is 22.8 Å². The maximum absolute atomic E-state index is 9.86. The van der Waals surface area contributed by atoms with E-state index in [-0.39, 0.29) is 6.10 Å². The second-order valence-corrected chi connectivity index (χ2v) is 6.97. The van der Waals surface area contributed by atoms with E-state index in [2.05, 4.69) is 32.2 Å². The molecule has 4 rings (SSSR count). The van der Waals surface area contributed by atoms with Crippen molar-refractivity contribution in [3.05, 3.63) is 54.1 Å². The SMILES string of the molecule is COc1ccc(-c2nc(-c3cccc(CN4CCCC(O)C4)c3)n[nH]2)cc1. The molecule has 6 nitrogen and oxygen atoms in total. The number of piperidine rings is 1. The highest BCUT2D eigenvalue weighted by molar-refractivity contribution is 5.62. The lowest BCUT2D eigenvalue weighted by Gasteiger charge is -2.30. The van der Waals surface area contributed by atoms with Crippen LogP contribution in [0.15, 0.2) is 48.5 Å². The Morgan fingerprint density at radius 2 is 2.04 bits per heavy atom. The molecule has 3 aromatic rings.